The van der Waals surface area contributed by atoms with Gasteiger partial charge in [-0.15, -0.1) is 0 Å². The van der Waals surface area contributed by atoms with E-state index in [0.29, 0.717) is 35.4 Å². The SMILES string of the molecule is Nc1ccc2oc(COCc3ccccc3Cl)nc2c1. The van der Waals surface area contributed by atoms with Crippen LogP contribution >= 0.6 is 11.6 Å². The molecule has 0 aliphatic rings. The molecule has 2 aromatic carbocycles. The fraction of sp³-hybridized carbons (Fsp3) is 0.133. The fourth-order valence-corrected chi connectivity index (χ4v) is 2.11. The van der Waals surface area contributed by atoms with Gasteiger partial charge in [0.1, 0.15) is 12.1 Å². The van der Waals surface area contributed by atoms with E-state index in [4.69, 9.17) is 26.5 Å². The van der Waals surface area contributed by atoms with Crippen LogP contribution in [0, 0.1) is 0 Å². The molecule has 0 bridgehead atoms. The number of anilines is 1. The lowest BCUT2D eigenvalue weighted by Crippen LogP contribution is -1.94. The lowest BCUT2D eigenvalue weighted by Gasteiger charge is -2.03. The zero-order valence-corrected chi connectivity index (χ0v) is 11.4. The van der Waals surface area contributed by atoms with Crippen molar-refractivity contribution in [1.29, 1.82) is 0 Å². The van der Waals surface area contributed by atoms with Gasteiger partial charge >= 0.3 is 0 Å². The summed E-state index contributed by atoms with van der Waals surface area (Å²) in [5, 5.41) is 0.692. The number of hydrogen-bond acceptors (Lipinski definition) is 4. The first-order valence-corrected chi connectivity index (χ1v) is 6.56. The van der Waals surface area contributed by atoms with Crippen LogP contribution < -0.4 is 5.73 Å². The topological polar surface area (TPSA) is 61.3 Å². The van der Waals surface area contributed by atoms with Crippen molar-refractivity contribution in [2.24, 2.45) is 0 Å². The van der Waals surface area contributed by atoms with E-state index in [-0.39, 0.29) is 0 Å². The molecule has 4 nitrogen and oxygen atoms in total. The van der Waals surface area contributed by atoms with Crippen LogP contribution in [-0.2, 0) is 18.0 Å². The van der Waals surface area contributed by atoms with E-state index in [9.17, 15) is 0 Å². The van der Waals surface area contributed by atoms with E-state index < -0.39 is 0 Å². The summed E-state index contributed by atoms with van der Waals surface area (Å²) < 4.78 is 11.1. The van der Waals surface area contributed by atoms with E-state index in [1.54, 1.807) is 18.2 Å². The van der Waals surface area contributed by atoms with Gasteiger partial charge in [0.15, 0.2) is 5.58 Å². The highest BCUT2D eigenvalue weighted by atomic mass is 35.5. The Bertz CT molecular complexity index is 740. The molecule has 0 radical (unpaired) electrons. The number of oxazole rings is 1. The molecule has 0 saturated heterocycles. The Hall–Kier alpha value is -2.04. The Morgan fingerprint density at radius 1 is 1.15 bits per heavy atom. The van der Waals surface area contributed by atoms with Crippen LogP contribution in [0.5, 0.6) is 0 Å². The predicted molar refractivity (Wildman–Crippen MR) is 78.4 cm³/mol. The molecule has 0 saturated carbocycles. The number of halogens is 1. The first-order chi connectivity index (χ1) is 9.72. The molecule has 5 heteroatoms. The fourth-order valence-electron chi connectivity index (χ4n) is 1.92. The zero-order valence-electron chi connectivity index (χ0n) is 10.7. The van der Waals surface area contributed by atoms with Gasteiger partial charge in [-0.2, -0.15) is 0 Å². The second kappa shape index (κ2) is 5.53. The summed E-state index contributed by atoms with van der Waals surface area (Å²) in [5.74, 6) is 0.526. The van der Waals surface area contributed by atoms with Crippen LogP contribution in [0.3, 0.4) is 0 Å². The molecule has 0 aliphatic carbocycles. The van der Waals surface area contributed by atoms with Crippen molar-refractivity contribution in [3.63, 3.8) is 0 Å². The Morgan fingerprint density at radius 2 is 2.00 bits per heavy atom. The summed E-state index contributed by atoms with van der Waals surface area (Å²) in [6, 6.07) is 12.9. The van der Waals surface area contributed by atoms with Crippen LogP contribution in [0.2, 0.25) is 5.02 Å². The molecule has 1 heterocycles. The first-order valence-electron chi connectivity index (χ1n) is 6.18. The number of nitrogen functional groups attached to an aromatic ring is 1. The minimum atomic E-state index is 0.291. The van der Waals surface area contributed by atoms with E-state index in [1.807, 2.05) is 24.3 Å². The minimum Gasteiger partial charge on any atom is -0.438 e. The number of benzene rings is 2. The smallest absolute Gasteiger partial charge is 0.221 e. The van der Waals surface area contributed by atoms with Crippen LogP contribution in [0.1, 0.15) is 11.5 Å². The molecule has 2 N–H and O–H groups in total. The highest BCUT2D eigenvalue weighted by Crippen LogP contribution is 2.20. The Balaban J connectivity index is 1.67. The zero-order chi connectivity index (χ0) is 13.9. The summed E-state index contributed by atoms with van der Waals surface area (Å²) >= 11 is 6.05. The van der Waals surface area contributed by atoms with Crippen molar-refractivity contribution in [2.45, 2.75) is 13.2 Å². The average molecular weight is 289 g/mol. The molecule has 1 aromatic heterocycles. The van der Waals surface area contributed by atoms with Gasteiger partial charge in [0.05, 0.1) is 6.61 Å². The maximum absolute atomic E-state index is 6.05. The van der Waals surface area contributed by atoms with Crippen molar-refractivity contribution in [1.82, 2.24) is 4.98 Å². The van der Waals surface area contributed by atoms with Gasteiger partial charge in [-0.05, 0) is 29.8 Å². The van der Waals surface area contributed by atoms with Gasteiger partial charge in [0, 0.05) is 10.7 Å². The number of ether oxygens (including phenoxy) is 1. The highest BCUT2D eigenvalue weighted by Gasteiger charge is 2.06. The number of aromatic nitrogens is 1. The molecule has 3 rings (SSSR count). The summed E-state index contributed by atoms with van der Waals surface area (Å²) in [6.45, 7) is 0.709. The van der Waals surface area contributed by atoms with Gasteiger partial charge in [-0.1, -0.05) is 29.8 Å². The molecule has 0 amide bonds. The van der Waals surface area contributed by atoms with Crippen LogP contribution in [0.4, 0.5) is 5.69 Å². The molecule has 3 aromatic rings. The van der Waals surface area contributed by atoms with Crippen LogP contribution in [0.15, 0.2) is 46.9 Å². The molecule has 0 unspecified atom stereocenters. The summed E-state index contributed by atoms with van der Waals surface area (Å²) in [7, 11) is 0. The second-order valence-corrected chi connectivity index (χ2v) is 4.83. The molecule has 0 atom stereocenters. The van der Waals surface area contributed by atoms with Crippen molar-refractivity contribution >= 4 is 28.4 Å². The van der Waals surface area contributed by atoms with Crippen molar-refractivity contribution in [3.8, 4) is 0 Å². The standard InChI is InChI=1S/C15H13ClN2O2/c16-12-4-2-1-3-10(12)8-19-9-15-18-13-7-11(17)5-6-14(13)20-15/h1-7H,8-9,17H2. The summed E-state index contributed by atoms with van der Waals surface area (Å²) in [5.41, 5.74) is 8.74. The Morgan fingerprint density at radius 3 is 2.85 bits per heavy atom. The van der Waals surface area contributed by atoms with Gasteiger partial charge in [0.2, 0.25) is 5.89 Å². The van der Waals surface area contributed by atoms with E-state index in [2.05, 4.69) is 4.98 Å². The molecule has 0 spiro atoms. The summed E-state index contributed by atoms with van der Waals surface area (Å²) in [4.78, 5) is 4.32. The predicted octanol–water partition coefficient (Wildman–Crippen LogP) is 3.78. The average Bonchev–Trinajstić information content (AvgIpc) is 2.83. The third kappa shape index (κ3) is 2.76. The molecule has 0 fully saturated rings. The maximum atomic E-state index is 6.05. The monoisotopic (exact) mass is 288 g/mol. The maximum Gasteiger partial charge on any atom is 0.221 e. The van der Waals surface area contributed by atoms with Crippen molar-refractivity contribution in [3.05, 3.63) is 58.9 Å². The molecule has 20 heavy (non-hydrogen) atoms. The third-order valence-electron chi connectivity index (χ3n) is 2.90. The normalized spacial score (nSPS) is 11.1. The number of rotatable bonds is 4. The Kier molecular flexibility index (Phi) is 3.58. The van der Waals surface area contributed by atoms with Gasteiger partial charge in [0.25, 0.3) is 0 Å². The molecule has 0 aliphatic heterocycles. The quantitative estimate of drug-likeness (QED) is 0.742. The third-order valence-corrected chi connectivity index (χ3v) is 3.27. The summed E-state index contributed by atoms with van der Waals surface area (Å²) in [6.07, 6.45) is 0. The van der Waals surface area contributed by atoms with Crippen molar-refractivity contribution < 1.29 is 9.15 Å². The Labute approximate surface area is 121 Å². The molecular formula is C15H13ClN2O2. The van der Waals surface area contributed by atoms with Crippen molar-refractivity contribution in [2.75, 3.05) is 5.73 Å². The number of hydrogen-bond donors (Lipinski definition) is 1. The number of nitrogens with zero attached hydrogens (tertiary/aromatic N) is 1. The van der Waals surface area contributed by atoms with E-state index in [0.717, 1.165) is 11.1 Å². The lowest BCUT2D eigenvalue weighted by molar-refractivity contribution is 0.0907. The van der Waals surface area contributed by atoms with Gasteiger partial charge < -0.3 is 14.9 Å². The largest absolute Gasteiger partial charge is 0.438 e. The van der Waals surface area contributed by atoms with Gasteiger partial charge in [-0.25, -0.2) is 4.98 Å². The molecule has 102 valence electrons. The first kappa shape index (κ1) is 13.0. The van der Waals surface area contributed by atoms with Crippen LogP contribution in [-0.4, -0.2) is 4.98 Å². The lowest BCUT2D eigenvalue weighted by atomic mass is 10.2. The van der Waals surface area contributed by atoms with E-state index >= 15 is 0 Å². The molecular weight excluding hydrogens is 276 g/mol. The van der Waals surface area contributed by atoms with Crippen LogP contribution in [0.25, 0.3) is 11.1 Å². The van der Waals surface area contributed by atoms with E-state index in [1.165, 1.54) is 0 Å². The number of nitrogens with two attached hydrogens (primary N) is 1. The van der Waals surface area contributed by atoms with Gasteiger partial charge in [-0.3, -0.25) is 0 Å². The highest BCUT2D eigenvalue weighted by molar-refractivity contribution is 6.31. The minimum absolute atomic E-state index is 0.291. The number of fused-ring (bicyclic) bond motifs is 1. The second-order valence-electron chi connectivity index (χ2n) is 4.42.